The average molecular weight is 386 g/mol. The number of ether oxygens (including phenoxy) is 2. The first-order valence-corrected chi connectivity index (χ1v) is 8.88. The Bertz CT molecular complexity index is 1020. The van der Waals surface area contributed by atoms with Gasteiger partial charge in [0.1, 0.15) is 12.4 Å². The lowest BCUT2D eigenvalue weighted by molar-refractivity contribution is -0.119. The van der Waals surface area contributed by atoms with E-state index >= 15 is 0 Å². The average Bonchev–Trinajstić information content (AvgIpc) is 2.77. The quantitative estimate of drug-likeness (QED) is 0.622. The van der Waals surface area contributed by atoms with E-state index in [0.717, 1.165) is 5.56 Å². The first kappa shape index (κ1) is 19.6. The maximum absolute atomic E-state index is 12.2. The first-order chi connectivity index (χ1) is 14.1. The van der Waals surface area contributed by atoms with E-state index in [1.54, 1.807) is 48.5 Å². The summed E-state index contributed by atoms with van der Waals surface area (Å²) in [4.78, 5) is 24.2. The predicted octanol–water partition coefficient (Wildman–Crippen LogP) is 3.93. The highest BCUT2D eigenvalue weighted by Gasteiger charge is 2.11. The van der Waals surface area contributed by atoms with Crippen molar-refractivity contribution in [3.8, 4) is 11.8 Å². The molecule has 0 aliphatic rings. The molecule has 0 saturated heterocycles. The van der Waals surface area contributed by atoms with E-state index in [4.69, 9.17) is 14.7 Å². The molecule has 29 heavy (non-hydrogen) atoms. The van der Waals surface area contributed by atoms with Crippen molar-refractivity contribution in [2.24, 2.45) is 0 Å². The van der Waals surface area contributed by atoms with Crippen LogP contribution in [0, 0.1) is 11.3 Å². The Hall–Kier alpha value is -4.11. The fourth-order valence-corrected chi connectivity index (χ4v) is 2.49. The van der Waals surface area contributed by atoms with Gasteiger partial charge in [0.2, 0.25) is 0 Å². The molecule has 3 rings (SSSR count). The lowest BCUT2D eigenvalue weighted by atomic mass is 10.2. The number of carbonyl (C=O) groups excluding carboxylic acids is 2. The normalized spacial score (nSPS) is 9.90. The van der Waals surface area contributed by atoms with Gasteiger partial charge in [-0.1, -0.05) is 36.4 Å². The highest BCUT2D eigenvalue weighted by molar-refractivity contribution is 5.95. The van der Waals surface area contributed by atoms with Crippen molar-refractivity contribution in [3.05, 3.63) is 95.6 Å². The Kier molecular flexibility index (Phi) is 6.58. The Morgan fingerprint density at radius 2 is 1.69 bits per heavy atom. The molecule has 3 aromatic carbocycles. The summed E-state index contributed by atoms with van der Waals surface area (Å²) >= 11 is 0. The number of rotatable bonds is 7. The van der Waals surface area contributed by atoms with Crippen LogP contribution in [0.5, 0.6) is 5.75 Å². The summed E-state index contributed by atoms with van der Waals surface area (Å²) in [6.45, 7) is -0.0414. The number of nitrogens with zero attached hydrogens (tertiary/aromatic N) is 1. The molecule has 0 radical (unpaired) electrons. The highest BCUT2D eigenvalue weighted by atomic mass is 16.5. The number of esters is 1. The number of anilines is 1. The van der Waals surface area contributed by atoms with E-state index in [-0.39, 0.29) is 0 Å². The van der Waals surface area contributed by atoms with Gasteiger partial charge < -0.3 is 14.8 Å². The number of amides is 1. The minimum Gasteiger partial charge on any atom is -0.489 e. The van der Waals surface area contributed by atoms with Crippen LogP contribution in [0.15, 0.2) is 78.9 Å². The van der Waals surface area contributed by atoms with Crippen molar-refractivity contribution < 1.29 is 19.1 Å². The zero-order valence-corrected chi connectivity index (χ0v) is 15.5. The topological polar surface area (TPSA) is 88.4 Å². The fourth-order valence-electron chi connectivity index (χ4n) is 2.49. The Balaban J connectivity index is 1.50. The summed E-state index contributed by atoms with van der Waals surface area (Å²) in [6, 6.07) is 24.7. The number of hydrogen-bond donors (Lipinski definition) is 1. The third-order valence-corrected chi connectivity index (χ3v) is 3.95. The minimum atomic E-state index is -0.620. The van der Waals surface area contributed by atoms with Gasteiger partial charge in [-0.2, -0.15) is 5.26 Å². The Morgan fingerprint density at radius 1 is 0.931 bits per heavy atom. The molecule has 0 aromatic heterocycles. The van der Waals surface area contributed by atoms with E-state index < -0.39 is 18.5 Å². The van der Waals surface area contributed by atoms with Gasteiger partial charge in [-0.15, -0.1) is 0 Å². The minimum absolute atomic E-state index is 0.293. The van der Waals surface area contributed by atoms with Crippen molar-refractivity contribution >= 4 is 17.6 Å². The van der Waals surface area contributed by atoms with Crippen LogP contribution in [0.25, 0.3) is 0 Å². The summed E-state index contributed by atoms with van der Waals surface area (Å²) in [5.74, 6) is -0.560. The van der Waals surface area contributed by atoms with Crippen molar-refractivity contribution in [2.45, 2.75) is 6.61 Å². The van der Waals surface area contributed by atoms with Crippen molar-refractivity contribution in [1.82, 2.24) is 0 Å². The van der Waals surface area contributed by atoms with Crippen LogP contribution in [0.1, 0.15) is 21.5 Å². The van der Waals surface area contributed by atoms with Gasteiger partial charge in [0.05, 0.1) is 17.2 Å². The van der Waals surface area contributed by atoms with Crippen LogP contribution < -0.4 is 10.1 Å². The number of hydrogen-bond acceptors (Lipinski definition) is 5. The number of nitriles is 1. The molecule has 1 amide bonds. The summed E-state index contributed by atoms with van der Waals surface area (Å²) in [7, 11) is 0. The molecule has 0 aliphatic carbocycles. The third-order valence-electron chi connectivity index (χ3n) is 3.95. The monoisotopic (exact) mass is 386 g/mol. The van der Waals surface area contributed by atoms with E-state index in [2.05, 4.69) is 5.32 Å². The highest BCUT2D eigenvalue weighted by Crippen LogP contribution is 2.16. The summed E-state index contributed by atoms with van der Waals surface area (Å²) < 4.78 is 10.8. The smallest absolute Gasteiger partial charge is 0.338 e. The van der Waals surface area contributed by atoms with Crippen LogP contribution in [0.3, 0.4) is 0 Å². The van der Waals surface area contributed by atoms with Crippen LogP contribution in [0.2, 0.25) is 0 Å². The second-order valence-corrected chi connectivity index (χ2v) is 6.12. The zero-order valence-electron chi connectivity index (χ0n) is 15.5. The fraction of sp³-hybridized carbons (Fsp3) is 0.0870. The Morgan fingerprint density at radius 3 is 2.41 bits per heavy atom. The van der Waals surface area contributed by atoms with Gasteiger partial charge in [-0.3, -0.25) is 4.79 Å². The second-order valence-electron chi connectivity index (χ2n) is 6.12. The summed E-state index contributed by atoms with van der Waals surface area (Å²) in [5, 5.41) is 11.4. The molecule has 0 fully saturated rings. The van der Waals surface area contributed by atoms with E-state index in [1.807, 2.05) is 36.4 Å². The molecular formula is C23H18N2O4. The van der Waals surface area contributed by atoms with Gasteiger partial charge in [0.15, 0.2) is 6.61 Å². The van der Waals surface area contributed by atoms with Gasteiger partial charge in [0.25, 0.3) is 5.91 Å². The van der Waals surface area contributed by atoms with Crippen LogP contribution >= 0.6 is 0 Å². The van der Waals surface area contributed by atoms with Gasteiger partial charge in [0, 0.05) is 5.69 Å². The van der Waals surface area contributed by atoms with Crippen molar-refractivity contribution in [1.29, 1.82) is 5.26 Å². The molecular weight excluding hydrogens is 368 g/mol. The van der Waals surface area contributed by atoms with Crippen molar-refractivity contribution in [3.63, 3.8) is 0 Å². The molecule has 6 nitrogen and oxygen atoms in total. The van der Waals surface area contributed by atoms with E-state index in [0.29, 0.717) is 29.2 Å². The molecule has 0 aliphatic heterocycles. The second kappa shape index (κ2) is 9.72. The maximum Gasteiger partial charge on any atom is 0.338 e. The maximum atomic E-state index is 12.2. The SMILES string of the molecule is N#Cc1ccc(NC(=O)COC(=O)c2cccc(OCc3ccccc3)c2)cc1. The van der Waals surface area contributed by atoms with Gasteiger partial charge >= 0.3 is 5.97 Å². The van der Waals surface area contributed by atoms with Crippen LogP contribution in [-0.4, -0.2) is 18.5 Å². The van der Waals surface area contributed by atoms with Crippen LogP contribution in [0.4, 0.5) is 5.69 Å². The predicted molar refractivity (Wildman–Crippen MR) is 107 cm³/mol. The van der Waals surface area contributed by atoms with Crippen molar-refractivity contribution in [2.75, 3.05) is 11.9 Å². The molecule has 0 bridgehead atoms. The summed E-state index contributed by atoms with van der Waals surface area (Å²) in [5.41, 5.74) is 2.31. The third kappa shape index (κ3) is 5.94. The molecule has 1 N–H and O–H groups in total. The Labute approximate surface area is 168 Å². The van der Waals surface area contributed by atoms with E-state index in [1.165, 1.54) is 0 Å². The van der Waals surface area contributed by atoms with Gasteiger partial charge in [-0.25, -0.2) is 4.79 Å². The lowest BCUT2D eigenvalue weighted by Crippen LogP contribution is -2.20. The molecule has 0 heterocycles. The largest absolute Gasteiger partial charge is 0.489 e. The number of nitrogens with one attached hydrogen (secondary N) is 1. The lowest BCUT2D eigenvalue weighted by Gasteiger charge is -2.09. The standard InChI is InChI=1S/C23H18N2O4/c24-14-17-9-11-20(12-10-17)25-22(26)16-29-23(27)19-7-4-8-21(13-19)28-15-18-5-2-1-3-6-18/h1-13H,15-16H2,(H,25,26). The molecule has 0 saturated carbocycles. The molecule has 0 spiro atoms. The first-order valence-electron chi connectivity index (χ1n) is 8.88. The molecule has 144 valence electrons. The summed E-state index contributed by atoms with van der Waals surface area (Å²) in [6.07, 6.45) is 0. The zero-order chi connectivity index (χ0) is 20.5. The number of benzene rings is 3. The molecule has 0 atom stereocenters. The molecule has 0 unspecified atom stereocenters. The molecule has 3 aromatic rings. The van der Waals surface area contributed by atoms with Crippen LogP contribution in [-0.2, 0) is 16.1 Å². The van der Waals surface area contributed by atoms with E-state index in [9.17, 15) is 9.59 Å². The number of carbonyl (C=O) groups is 2. The molecule has 6 heteroatoms. The van der Waals surface area contributed by atoms with Gasteiger partial charge in [-0.05, 0) is 48.0 Å².